The van der Waals surface area contributed by atoms with Gasteiger partial charge in [0.1, 0.15) is 5.60 Å². The van der Waals surface area contributed by atoms with E-state index in [0.29, 0.717) is 13.0 Å². The zero-order valence-corrected chi connectivity index (χ0v) is 13.8. The predicted octanol–water partition coefficient (Wildman–Crippen LogP) is 0.129. The summed E-state index contributed by atoms with van der Waals surface area (Å²) < 4.78 is 0. The van der Waals surface area contributed by atoms with E-state index in [0.717, 1.165) is 17.5 Å². The highest BCUT2D eigenvalue weighted by Gasteiger charge is 2.33. The van der Waals surface area contributed by atoms with Crippen LogP contribution >= 0.6 is 0 Å². The number of nitrogens with one attached hydrogen (secondary N) is 1. The van der Waals surface area contributed by atoms with Crippen molar-refractivity contribution in [2.45, 2.75) is 31.9 Å². The Morgan fingerprint density at radius 1 is 1.38 bits per heavy atom. The number of aliphatic hydroxyl groups excluding tert-OH is 1. The Hall–Kier alpha value is -1.96. The van der Waals surface area contributed by atoms with Crippen molar-refractivity contribution in [2.75, 3.05) is 26.2 Å². The van der Waals surface area contributed by atoms with Crippen LogP contribution in [0.5, 0.6) is 0 Å². The van der Waals surface area contributed by atoms with Crippen molar-refractivity contribution in [2.24, 2.45) is 0 Å². The Morgan fingerprint density at radius 3 is 2.79 bits per heavy atom. The molecule has 132 valence electrons. The van der Waals surface area contributed by atoms with Crippen LogP contribution in [0.15, 0.2) is 18.2 Å². The monoisotopic (exact) mass is 336 g/mol. The molecule has 1 fully saturated rings. The molecular formula is C17H24N2O5. The number of aryl methyl sites for hydroxylation is 1. The molecule has 0 aliphatic carbocycles. The minimum atomic E-state index is -1.13. The minimum absolute atomic E-state index is 0.139. The second-order valence-electron chi connectivity index (χ2n) is 6.42. The van der Waals surface area contributed by atoms with Gasteiger partial charge in [-0.15, -0.1) is 0 Å². The second-order valence-corrected chi connectivity index (χ2v) is 6.42. The lowest BCUT2D eigenvalue weighted by Crippen LogP contribution is -2.52. The molecule has 1 amide bonds. The number of hydrogen-bond acceptors (Lipinski definition) is 5. The van der Waals surface area contributed by atoms with Gasteiger partial charge >= 0.3 is 5.97 Å². The molecular weight excluding hydrogens is 312 g/mol. The van der Waals surface area contributed by atoms with E-state index in [-0.39, 0.29) is 37.7 Å². The zero-order chi connectivity index (χ0) is 17.7. The van der Waals surface area contributed by atoms with Crippen molar-refractivity contribution < 1.29 is 24.9 Å². The summed E-state index contributed by atoms with van der Waals surface area (Å²) >= 11 is 0. The number of carbonyl (C=O) groups is 2. The number of β-amino-alcohol motifs (C(OH)–C–C–N with tert-alkyl or cyclic N) is 1. The SMILES string of the molecule is Cc1ccc(C(=O)O)cc1CNC(=O)CN1CCC[C@@](O)(CO)C1. The van der Waals surface area contributed by atoms with Crippen LogP contribution in [0.2, 0.25) is 0 Å². The van der Waals surface area contributed by atoms with Crippen LogP contribution in [0.25, 0.3) is 0 Å². The summed E-state index contributed by atoms with van der Waals surface area (Å²) in [5.74, 6) is -1.20. The van der Waals surface area contributed by atoms with Crippen molar-refractivity contribution in [3.63, 3.8) is 0 Å². The summed E-state index contributed by atoms with van der Waals surface area (Å²) in [6.07, 6.45) is 1.26. The zero-order valence-electron chi connectivity index (χ0n) is 13.8. The fourth-order valence-corrected chi connectivity index (χ4v) is 2.92. The molecule has 0 aromatic heterocycles. The standard InChI is InChI=1S/C17H24N2O5/c1-12-3-4-13(16(22)23)7-14(12)8-18-15(21)9-19-6-2-5-17(24,10-19)11-20/h3-4,7,20,24H,2,5-6,8-11H2,1H3,(H,18,21)(H,22,23)/t17-/m0/s1. The van der Waals surface area contributed by atoms with Crippen LogP contribution in [0.3, 0.4) is 0 Å². The molecule has 1 atom stereocenters. The van der Waals surface area contributed by atoms with Gasteiger partial charge in [0.05, 0.1) is 18.7 Å². The van der Waals surface area contributed by atoms with Crippen LogP contribution in [-0.2, 0) is 11.3 Å². The number of nitrogens with zero attached hydrogens (tertiary/aromatic N) is 1. The maximum atomic E-state index is 12.1. The van der Waals surface area contributed by atoms with Gasteiger partial charge < -0.3 is 20.6 Å². The number of amides is 1. The summed E-state index contributed by atoms with van der Waals surface area (Å²) in [4.78, 5) is 24.9. The van der Waals surface area contributed by atoms with Gasteiger partial charge in [0.15, 0.2) is 0 Å². The fourth-order valence-electron chi connectivity index (χ4n) is 2.92. The van der Waals surface area contributed by atoms with Crippen molar-refractivity contribution in [1.29, 1.82) is 0 Å². The lowest BCUT2D eigenvalue weighted by molar-refractivity contribution is -0.125. The first-order valence-corrected chi connectivity index (χ1v) is 7.98. The maximum absolute atomic E-state index is 12.1. The number of carboxylic acids is 1. The molecule has 1 aliphatic heterocycles. The molecule has 1 aliphatic rings. The van der Waals surface area contributed by atoms with E-state index in [9.17, 15) is 19.8 Å². The molecule has 7 heteroatoms. The van der Waals surface area contributed by atoms with E-state index in [1.54, 1.807) is 12.1 Å². The van der Waals surface area contributed by atoms with E-state index in [4.69, 9.17) is 5.11 Å². The third-order valence-corrected chi connectivity index (χ3v) is 4.37. The van der Waals surface area contributed by atoms with Crippen molar-refractivity contribution in [3.05, 3.63) is 34.9 Å². The number of piperidine rings is 1. The number of carboxylic acid groups (broad SMARTS) is 1. The van der Waals surface area contributed by atoms with Gasteiger partial charge in [-0.3, -0.25) is 9.69 Å². The molecule has 24 heavy (non-hydrogen) atoms. The molecule has 0 radical (unpaired) electrons. The van der Waals surface area contributed by atoms with E-state index < -0.39 is 11.6 Å². The number of rotatable bonds is 6. The second kappa shape index (κ2) is 7.74. The Bertz CT molecular complexity index is 619. The van der Waals surface area contributed by atoms with E-state index >= 15 is 0 Å². The van der Waals surface area contributed by atoms with E-state index in [1.807, 2.05) is 11.8 Å². The Morgan fingerprint density at radius 2 is 2.12 bits per heavy atom. The molecule has 0 spiro atoms. The highest BCUT2D eigenvalue weighted by Crippen LogP contribution is 2.20. The minimum Gasteiger partial charge on any atom is -0.478 e. The van der Waals surface area contributed by atoms with Gasteiger partial charge in [0, 0.05) is 13.1 Å². The topological polar surface area (TPSA) is 110 Å². The first-order chi connectivity index (χ1) is 11.3. The van der Waals surface area contributed by atoms with Crippen LogP contribution in [0.1, 0.15) is 34.3 Å². The van der Waals surface area contributed by atoms with E-state index in [2.05, 4.69) is 5.32 Å². The summed E-state index contributed by atoms with van der Waals surface area (Å²) in [7, 11) is 0. The normalized spacial score (nSPS) is 21.5. The lowest BCUT2D eigenvalue weighted by Gasteiger charge is -2.37. The van der Waals surface area contributed by atoms with Gasteiger partial charge in [-0.2, -0.15) is 0 Å². The van der Waals surface area contributed by atoms with Gasteiger partial charge in [-0.25, -0.2) is 4.79 Å². The molecule has 7 nitrogen and oxygen atoms in total. The van der Waals surface area contributed by atoms with Crippen molar-refractivity contribution in [3.8, 4) is 0 Å². The third-order valence-electron chi connectivity index (χ3n) is 4.37. The largest absolute Gasteiger partial charge is 0.478 e. The summed E-state index contributed by atoms with van der Waals surface area (Å²) in [6, 6.07) is 4.81. The Labute approximate surface area is 140 Å². The molecule has 1 aromatic carbocycles. The average Bonchev–Trinajstić information content (AvgIpc) is 2.54. The number of likely N-dealkylation sites (tertiary alicyclic amines) is 1. The average molecular weight is 336 g/mol. The predicted molar refractivity (Wildman–Crippen MR) is 87.7 cm³/mol. The highest BCUT2D eigenvalue weighted by atomic mass is 16.4. The number of hydrogen-bond donors (Lipinski definition) is 4. The molecule has 1 heterocycles. The van der Waals surface area contributed by atoms with Crippen LogP contribution in [0.4, 0.5) is 0 Å². The number of carbonyl (C=O) groups excluding carboxylic acids is 1. The molecule has 1 saturated heterocycles. The molecule has 0 saturated carbocycles. The third kappa shape index (κ3) is 4.77. The first-order valence-electron chi connectivity index (χ1n) is 7.98. The number of aliphatic hydroxyl groups is 2. The number of aromatic carboxylic acids is 1. The van der Waals surface area contributed by atoms with Gasteiger partial charge in [-0.1, -0.05) is 6.07 Å². The molecule has 1 aromatic rings. The lowest BCUT2D eigenvalue weighted by atomic mass is 9.94. The maximum Gasteiger partial charge on any atom is 0.335 e. The Kier molecular flexibility index (Phi) is 5.93. The van der Waals surface area contributed by atoms with E-state index in [1.165, 1.54) is 6.07 Å². The summed E-state index contributed by atoms with van der Waals surface area (Å²) in [5, 5.41) is 31.2. The molecule has 0 unspecified atom stereocenters. The van der Waals surface area contributed by atoms with Gasteiger partial charge in [0.25, 0.3) is 0 Å². The molecule has 2 rings (SSSR count). The fraction of sp³-hybridized carbons (Fsp3) is 0.529. The van der Waals surface area contributed by atoms with Gasteiger partial charge in [-0.05, 0) is 49.6 Å². The first kappa shape index (κ1) is 18.4. The highest BCUT2D eigenvalue weighted by molar-refractivity contribution is 5.88. The smallest absolute Gasteiger partial charge is 0.335 e. The molecule has 0 bridgehead atoms. The molecule has 4 N–H and O–H groups in total. The van der Waals surface area contributed by atoms with Crippen LogP contribution in [0, 0.1) is 6.92 Å². The van der Waals surface area contributed by atoms with Crippen LogP contribution < -0.4 is 5.32 Å². The Balaban J connectivity index is 1.89. The number of benzene rings is 1. The van der Waals surface area contributed by atoms with Crippen LogP contribution in [-0.4, -0.2) is 63.9 Å². The quantitative estimate of drug-likeness (QED) is 0.588. The van der Waals surface area contributed by atoms with Gasteiger partial charge in [0.2, 0.25) is 5.91 Å². The van der Waals surface area contributed by atoms with Crippen molar-refractivity contribution >= 4 is 11.9 Å². The summed E-state index contributed by atoms with van der Waals surface area (Å²) in [6.45, 7) is 2.91. The summed E-state index contributed by atoms with van der Waals surface area (Å²) in [5.41, 5.74) is 0.723. The van der Waals surface area contributed by atoms with Crippen molar-refractivity contribution in [1.82, 2.24) is 10.2 Å².